The van der Waals surface area contributed by atoms with E-state index in [0.717, 1.165) is 30.3 Å². The molecule has 3 aromatic rings. The predicted octanol–water partition coefficient (Wildman–Crippen LogP) is 2.44. The van der Waals surface area contributed by atoms with Crippen molar-refractivity contribution in [3.05, 3.63) is 47.9 Å². The second-order valence-electron chi connectivity index (χ2n) is 6.96. The second kappa shape index (κ2) is 5.01. The first kappa shape index (κ1) is 14.1. The number of hydrogen-bond donors (Lipinski definition) is 0. The molecule has 6 nitrogen and oxygen atoms in total. The number of benzene rings is 1. The third-order valence-corrected chi connectivity index (χ3v) is 4.78. The standard InChI is InChI=1S/C17H20N6/c1-17(2)9-15-19-20-16(14-11-22(3)21-18-14)23(15)10-13(17)12-7-5-4-6-8-12/h4-8,11,13H,9-10H2,1-3H3. The van der Waals surface area contributed by atoms with Gasteiger partial charge >= 0.3 is 0 Å². The molecular formula is C17H20N6. The number of aromatic nitrogens is 6. The molecule has 1 unspecified atom stereocenters. The zero-order valence-corrected chi connectivity index (χ0v) is 13.6. The lowest BCUT2D eigenvalue weighted by Gasteiger charge is -2.39. The predicted molar refractivity (Wildman–Crippen MR) is 86.7 cm³/mol. The molecule has 1 aromatic carbocycles. The third kappa shape index (κ3) is 2.34. The minimum atomic E-state index is 0.143. The van der Waals surface area contributed by atoms with Crippen LogP contribution in [0.1, 0.15) is 31.2 Å². The first-order valence-corrected chi connectivity index (χ1v) is 7.88. The van der Waals surface area contributed by atoms with E-state index < -0.39 is 0 Å². The van der Waals surface area contributed by atoms with Crippen LogP contribution in [0.15, 0.2) is 36.5 Å². The van der Waals surface area contributed by atoms with Crippen molar-refractivity contribution in [3.63, 3.8) is 0 Å². The highest BCUT2D eigenvalue weighted by atomic mass is 15.4. The largest absolute Gasteiger partial charge is 0.309 e. The number of hydrogen-bond acceptors (Lipinski definition) is 4. The van der Waals surface area contributed by atoms with Gasteiger partial charge in [0, 0.05) is 25.9 Å². The van der Waals surface area contributed by atoms with Gasteiger partial charge in [-0.3, -0.25) is 4.68 Å². The van der Waals surface area contributed by atoms with E-state index in [0.29, 0.717) is 5.92 Å². The Kier molecular flexibility index (Phi) is 3.07. The van der Waals surface area contributed by atoms with Crippen LogP contribution in [0.4, 0.5) is 0 Å². The van der Waals surface area contributed by atoms with E-state index >= 15 is 0 Å². The van der Waals surface area contributed by atoms with Crippen molar-refractivity contribution < 1.29 is 0 Å². The van der Waals surface area contributed by atoms with Crippen LogP contribution in [0.2, 0.25) is 0 Å². The molecule has 0 saturated carbocycles. The average molecular weight is 308 g/mol. The molecule has 118 valence electrons. The third-order valence-electron chi connectivity index (χ3n) is 4.78. The lowest BCUT2D eigenvalue weighted by Crippen LogP contribution is -2.35. The zero-order chi connectivity index (χ0) is 16.0. The molecule has 6 heteroatoms. The molecule has 0 spiro atoms. The highest BCUT2D eigenvalue weighted by Crippen LogP contribution is 2.43. The van der Waals surface area contributed by atoms with Crippen molar-refractivity contribution in [2.45, 2.75) is 32.7 Å². The Morgan fingerprint density at radius 3 is 2.57 bits per heavy atom. The van der Waals surface area contributed by atoms with Crippen LogP contribution in [-0.4, -0.2) is 29.8 Å². The Morgan fingerprint density at radius 1 is 1.09 bits per heavy atom. The minimum Gasteiger partial charge on any atom is -0.309 e. The van der Waals surface area contributed by atoms with Crippen LogP contribution in [0.25, 0.3) is 11.5 Å². The Balaban J connectivity index is 1.78. The van der Waals surface area contributed by atoms with Gasteiger partial charge in [-0.25, -0.2) is 0 Å². The lowest BCUT2D eigenvalue weighted by molar-refractivity contribution is 0.219. The lowest BCUT2D eigenvalue weighted by atomic mass is 9.70. The summed E-state index contributed by atoms with van der Waals surface area (Å²) >= 11 is 0. The Labute approximate surface area is 135 Å². The van der Waals surface area contributed by atoms with Gasteiger partial charge in [0.1, 0.15) is 5.82 Å². The fourth-order valence-electron chi connectivity index (χ4n) is 3.50. The van der Waals surface area contributed by atoms with Crippen LogP contribution in [-0.2, 0) is 20.0 Å². The van der Waals surface area contributed by atoms with Crippen LogP contribution < -0.4 is 0 Å². The van der Waals surface area contributed by atoms with Crippen molar-refractivity contribution in [1.29, 1.82) is 0 Å². The van der Waals surface area contributed by atoms with Gasteiger partial charge in [0.15, 0.2) is 11.5 Å². The highest BCUT2D eigenvalue weighted by molar-refractivity contribution is 5.47. The Bertz CT molecular complexity index is 830. The molecule has 0 N–H and O–H groups in total. The molecular weight excluding hydrogens is 288 g/mol. The molecule has 0 saturated heterocycles. The van der Waals surface area contributed by atoms with Gasteiger partial charge in [-0.1, -0.05) is 49.4 Å². The second-order valence-corrected chi connectivity index (χ2v) is 6.96. The molecule has 0 fully saturated rings. The fraction of sp³-hybridized carbons (Fsp3) is 0.412. The molecule has 4 rings (SSSR count). The number of nitrogens with zero attached hydrogens (tertiary/aromatic N) is 6. The zero-order valence-electron chi connectivity index (χ0n) is 13.6. The normalized spacial score (nSPS) is 19.5. The fourth-order valence-corrected chi connectivity index (χ4v) is 3.50. The maximum absolute atomic E-state index is 4.40. The van der Waals surface area contributed by atoms with Crippen LogP contribution in [0.5, 0.6) is 0 Å². The van der Waals surface area contributed by atoms with Gasteiger partial charge in [0.25, 0.3) is 0 Å². The van der Waals surface area contributed by atoms with Crippen LogP contribution in [0, 0.1) is 5.41 Å². The molecule has 1 aliphatic heterocycles. The van der Waals surface area contributed by atoms with Crippen molar-refractivity contribution >= 4 is 0 Å². The van der Waals surface area contributed by atoms with E-state index in [-0.39, 0.29) is 5.41 Å². The molecule has 0 bridgehead atoms. The first-order valence-electron chi connectivity index (χ1n) is 7.88. The molecule has 1 atom stereocenters. The van der Waals surface area contributed by atoms with E-state index in [1.807, 2.05) is 13.2 Å². The summed E-state index contributed by atoms with van der Waals surface area (Å²) in [7, 11) is 1.86. The first-order chi connectivity index (χ1) is 11.0. The molecule has 23 heavy (non-hydrogen) atoms. The average Bonchev–Trinajstić information content (AvgIpc) is 3.12. The Hall–Kier alpha value is -2.50. The summed E-state index contributed by atoms with van der Waals surface area (Å²) in [4.78, 5) is 0. The molecule has 0 amide bonds. The highest BCUT2D eigenvalue weighted by Gasteiger charge is 2.38. The van der Waals surface area contributed by atoms with E-state index in [4.69, 9.17) is 0 Å². The van der Waals surface area contributed by atoms with E-state index in [9.17, 15) is 0 Å². The molecule has 0 radical (unpaired) electrons. The van der Waals surface area contributed by atoms with E-state index in [2.05, 4.69) is 69.3 Å². The van der Waals surface area contributed by atoms with Gasteiger partial charge in [-0.15, -0.1) is 15.3 Å². The van der Waals surface area contributed by atoms with Gasteiger partial charge in [-0.05, 0) is 11.0 Å². The smallest absolute Gasteiger partial charge is 0.186 e. The quantitative estimate of drug-likeness (QED) is 0.729. The summed E-state index contributed by atoms with van der Waals surface area (Å²) < 4.78 is 3.89. The molecule has 0 aliphatic carbocycles. The van der Waals surface area contributed by atoms with Gasteiger partial charge in [0.05, 0.1) is 6.20 Å². The SMILES string of the molecule is Cn1cc(-c2nnc3n2CC(c2ccccc2)C(C)(C)C3)nn1. The van der Waals surface area contributed by atoms with E-state index in [1.165, 1.54) is 5.56 Å². The molecule has 2 aromatic heterocycles. The summed E-state index contributed by atoms with van der Waals surface area (Å²) in [5.41, 5.74) is 2.28. The number of rotatable bonds is 2. The van der Waals surface area contributed by atoms with Crippen molar-refractivity contribution in [2.75, 3.05) is 0 Å². The van der Waals surface area contributed by atoms with E-state index in [1.54, 1.807) is 4.68 Å². The van der Waals surface area contributed by atoms with Crippen LogP contribution >= 0.6 is 0 Å². The summed E-state index contributed by atoms with van der Waals surface area (Å²) in [5, 5.41) is 17.0. The summed E-state index contributed by atoms with van der Waals surface area (Å²) in [6.07, 6.45) is 2.79. The topological polar surface area (TPSA) is 61.4 Å². The van der Waals surface area contributed by atoms with Crippen molar-refractivity contribution in [2.24, 2.45) is 12.5 Å². The van der Waals surface area contributed by atoms with Crippen molar-refractivity contribution in [3.8, 4) is 11.5 Å². The number of aryl methyl sites for hydroxylation is 1. The van der Waals surface area contributed by atoms with Crippen LogP contribution in [0.3, 0.4) is 0 Å². The van der Waals surface area contributed by atoms with Crippen molar-refractivity contribution in [1.82, 2.24) is 29.8 Å². The maximum Gasteiger partial charge on any atom is 0.186 e. The molecule has 3 heterocycles. The van der Waals surface area contributed by atoms with Gasteiger partial charge in [-0.2, -0.15) is 0 Å². The maximum atomic E-state index is 4.40. The summed E-state index contributed by atoms with van der Waals surface area (Å²) in [6.45, 7) is 5.49. The minimum absolute atomic E-state index is 0.143. The van der Waals surface area contributed by atoms with Gasteiger partial charge < -0.3 is 4.57 Å². The summed E-state index contributed by atoms with van der Waals surface area (Å²) in [6, 6.07) is 10.7. The summed E-state index contributed by atoms with van der Waals surface area (Å²) in [5.74, 6) is 2.26. The number of fused-ring (bicyclic) bond motifs is 1. The van der Waals surface area contributed by atoms with Gasteiger partial charge in [0.2, 0.25) is 0 Å². The monoisotopic (exact) mass is 308 g/mol. The molecule has 1 aliphatic rings. The Morgan fingerprint density at radius 2 is 1.87 bits per heavy atom.